The van der Waals surface area contributed by atoms with Gasteiger partial charge < -0.3 is 29.5 Å². The average Bonchev–Trinajstić information content (AvgIpc) is 3.57. The number of carbonyl (C=O) groups is 1. The number of hydrogen-bond acceptors (Lipinski definition) is 10. The SMILES string of the molecule is CCc1cc(Oc2nccn3c(-c4cn(CC(O)CO)nc4C(F)(F)F)cnc23)ccc1C(=O)OCCOCCO. The molecule has 0 aliphatic rings. The van der Waals surface area contributed by atoms with Crippen molar-refractivity contribution in [2.24, 2.45) is 0 Å². The summed E-state index contributed by atoms with van der Waals surface area (Å²) < 4.78 is 59.9. The van der Waals surface area contributed by atoms with Crippen LogP contribution in [0.4, 0.5) is 13.2 Å². The van der Waals surface area contributed by atoms with Crippen LogP contribution in [-0.4, -0.2) is 84.6 Å². The molecule has 0 fully saturated rings. The van der Waals surface area contributed by atoms with Gasteiger partial charge in [0.15, 0.2) is 5.69 Å². The van der Waals surface area contributed by atoms with Gasteiger partial charge in [-0.2, -0.15) is 18.3 Å². The zero-order valence-corrected chi connectivity index (χ0v) is 21.9. The molecule has 1 aromatic carbocycles. The molecular weight excluding hydrogens is 551 g/mol. The van der Waals surface area contributed by atoms with Crippen LogP contribution in [0.2, 0.25) is 0 Å². The Kier molecular flexibility index (Phi) is 9.54. The summed E-state index contributed by atoms with van der Waals surface area (Å²) >= 11 is 0. The van der Waals surface area contributed by atoms with E-state index in [2.05, 4.69) is 15.1 Å². The first kappa shape index (κ1) is 29.9. The summed E-state index contributed by atoms with van der Waals surface area (Å²) in [5.41, 5.74) is -0.321. The van der Waals surface area contributed by atoms with Gasteiger partial charge in [0.1, 0.15) is 12.4 Å². The molecular formula is C26H28F3N5O7. The fraction of sp³-hybridized carbons (Fsp3) is 0.385. The van der Waals surface area contributed by atoms with Crippen LogP contribution in [0.25, 0.3) is 16.9 Å². The van der Waals surface area contributed by atoms with Crippen LogP contribution in [0.3, 0.4) is 0 Å². The Morgan fingerprint density at radius 3 is 2.66 bits per heavy atom. The molecule has 4 rings (SSSR count). The van der Waals surface area contributed by atoms with E-state index < -0.39 is 30.6 Å². The summed E-state index contributed by atoms with van der Waals surface area (Å²) in [6.07, 6.45) is -0.504. The van der Waals surface area contributed by atoms with Gasteiger partial charge in [-0.05, 0) is 30.2 Å². The largest absolute Gasteiger partial charge is 0.460 e. The maximum Gasteiger partial charge on any atom is 0.435 e. The highest BCUT2D eigenvalue weighted by Gasteiger charge is 2.38. The Morgan fingerprint density at radius 2 is 1.95 bits per heavy atom. The third-order valence-electron chi connectivity index (χ3n) is 5.90. The van der Waals surface area contributed by atoms with Gasteiger partial charge in [0.05, 0.1) is 62.1 Å². The first-order chi connectivity index (χ1) is 19.7. The first-order valence-electron chi connectivity index (χ1n) is 12.6. The number of ether oxygens (including phenoxy) is 3. The zero-order chi connectivity index (χ0) is 29.6. The van der Waals surface area contributed by atoms with Gasteiger partial charge in [-0.1, -0.05) is 6.92 Å². The molecule has 0 radical (unpaired) electrons. The minimum Gasteiger partial charge on any atom is -0.460 e. The van der Waals surface area contributed by atoms with Gasteiger partial charge in [-0.15, -0.1) is 0 Å². The first-order valence-corrected chi connectivity index (χ1v) is 12.6. The van der Waals surface area contributed by atoms with Crippen LogP contribution >= 0.6 is 0 Å². The minimum absolute atomic E-state index is 0.00816. The highest BCUT2D eigenvalue weighted by atomic mass is 19.4. The van der Waals surface area contributed by atoms with Crippen LogP contribution in [-0.2, 0) is 28.6 Å². The number of alkyl halides is 3. The number of aromatic nitrogens is 5. The number of carbonyl (C=O) groups excluding carboxylic acids is 1. The predicted molar refractivity (Wildman–Crippen MR) is 136 cm³/mol. The lowest BCUT2D eigenvalue weighted by atomic mass is 10.1. The molecule has 0 aliphatic carbocycles. The maximum absolute atomic E-state index is 13.8. The molecule has 0 spiro atoms. The van der Waals surface area contributed by atoms with Crippen LogP contribution in [0.1, 0.15) is 28.5 Å². The van der Waals surface area contributed by atoms with Gasteiger partial charge in [-0.25, -0.2) is 14.8 Å². The summed E-state index contributed by atoms with van der Waals surface area (Å²) in [7, 11) is 0. The molecule has 12 nitrogen and oxygen atoms in total. The maximum atomic E-state index is 13.8. The average molecular weight is 580 g/mol. The highest BCUT2D eigenvalue weighted by molar-refractivity contribution is 5.91. The molecule has 1 unspecified atom stereocenters. The fourth-order valence-electron chi connectivity index (χ4n) is 4.03. The van der Waals surface area contributed by atoms with Crippen molar-refractivity contribution in [3.05, 3.63) is 59.8 Å². The Labute approximate surface area is 231 Å². The lowest BCUT2D eigenvalue weighted by Crippen LogP contribution is -2.20. The van der Waals surface area contributed by atoms with Crippen molar-refractivity contribution < 1.29 is 47.5 Å². The molecule has 0 saturated carbocycles. The summed E-state index contributed by atoms with van der Waals surface area (Å²) in [5.74, 6) is -0.225. The van der Waals surface area contributed by atoms with E-state index in [-0.39, 0.29) is 55.8 Å². The third-order valence-corrected chi connectivity index (χ3v) is 5.90. The number of hydrogen-bond donors (Lipinski definition) is 3. The van der Waals surface area contributed by atoms with E-state index in [4.69, 9.17) is 24.4 Å². The summed E-state index contributed by atoms with van der Waals surface area (Å²) in [6, 6.07) is 4.70. The number of esters is 1. The Bertz CT molecular complexity index is 1490. The summed E-state index contributed by atoms with van der Waals surface area (Å²) in [5, 5.41) is 31.0. The standard InChI is InChI=1S/C26H28F3N5O7/c1-2-16-11-18(3-4-19(16)25(38)40-10-9-39-8-7-35)41-24-23-31-12-21(34(23)6-5-30-24)20-14-33(13-17(37)15-36)32-22(20)26(27,28)29/h3-6,11-12,14,17,35-37H,2,7-10,13,15H2,1H3. The van der Waals surface area contributed by atoms with E-state index in [0.29, 0.717) is 23.3 Å². The van der Waals surface area contributed by atoms with Gasteiger partial charge >= 0.3 is 12.1 Å². The molecule has 3 aromatic heterocycles. The molecule has 0 bridgehead atoms. The van der Waals surface area contributed by atoms with Crippen LogP contribution in [0.15, 0.2) is 43.0 Å². The van der Waals surface area contributed by atoms with Crippen molar-refractivity contribution in [1.82, 2.24) is 24.1 Å². The number of aliphatic hydroxyl groups excluding tert-OH is 3. The molecule has 15 heteroatoms. The van der Waals surface area contributed by atoms with Gasteiger partial charge in [-0.3, -0.25) is 9.08 Å². The summed E-state index contributed by atoms with van der Waals surface area (Å²) in [6.45, 7) is 1.04. The van der Waals surface area contributed by atoms with E-state index in [1.807, 2.05) is 6.92 Å². The predicted octanol–water partition coefficient (Wildman–Crippen LogP) is 2.49. The zero-order valence-electron chi connectivity index (χ0n) is 21.9. The smallest absolute Gasteiger partial charge is 0.435 e. The fourth-order valence-corrected chi connectivity index (χ4v) is 4.03. The molecule has 41 heavy (non-hydrogen) atoms. The number of imidazole rings is 1. The van der Waals surface area contributed by atoms with E-state index in [9.17, 15) is 23.1 Å². The molecule has 3 N–H and O–H groups in total. The Morgan fingerprint density at radius 1 is 1.15 bits per heavy atom. The molecule has 0 saturated heterocycles. The number of halogens is 3. The Hall–Kier alpha value is -4.05. The second-order valence-electron chi connectivity index (χ2n) is 8.76. The Balaban J connectivity index is 1.60. The van der Waals surface area contributed by atoms with Crippen molar-refractivity contribution in [1.29, 1.82) is 0 Å². The molecule has 0 aliphatic heterocycles. The number of fused-ring (bicyclic) bond motifs is 1. The number of aryl methyl sites for hydroxylation is 1. The van der Waals surface area contributed by atoms with Crippen molar-refractivity contribution in [2.75, 3.05) is 33.0 Å². The van der Waals surface area contributed by atoms with Crippen LogP contribution < -0.4 is 4.74 Å². The number of benzene rings is 1. The van der Waals surface area contributed by atoms with Crippen molar-refractivity contribution >= 4 is 11.6 Å². The molecule has 1 atom stereocenters. The minimum atomic E-state index is -4.80. The van der Waals surface area contributed by atoms with E-state index in [1.165, 1.54) is 35.1 Å². The number of aliphatic hydroxyl groups is 3. The number of rotatable bonds is 13. The second kappa shape index (κ2) is 13.1. The lowest BCUT2D eigenvalue weighted by molar-refractivity contribution is -0.141. The van der Waals surface area contributed by atoms with Crippen LogP contribution in [0.5, 0.6) is 11.6 Å². The van der Waals surface area contributed by atoms with Gasteiger partial charge in [0.2, 0.25) is 5.65 Å². The van der Waals surface area contributed by atoms with Crippen LogP contribution in [0, 0.1) is 0 Å². The third kappa shape index (κ3) is 7.00. The molecule has 4 aromatic rings. The van der Waals surface area contributed by atoms with Crippen molar-refractivity contribution in [3.63, 3.8) is 0 Å². The summed E-state index contributed by atoms with van der Waals surface area (Å²) in [4.78, 5) is 20.9. The normalized spacial score (nSPS) is 12.6. The highest BCUT2D eigenvalue weighted by Crippen LogP contribution is 2.37. The molecule has 0 amide bonds. The van der Waals surface area contributed by atoms with E-state index in [0.717, 1.165) is 10.9 Å². The topological polar surface area (TPSA) is 153 Å². The monoisotopic (exact) mass is 579 g/mol. The quantitative estimate of drug-likeness (QED) is 0.159. The van der Waals surface area contributed by atoms with Gasteiger partial charge in [0, 0.05) is 18.6 Å². The van der Waals surface area contributed by atoms with Crippen molar-refractivity contribution in [2.45, 2.75) is 32.2 Å². The molecule has 3 heterocycles. The van der Waals surface area contributed by atoms with Gasteiger partial charge in [0.25, 0.3) is 5.88 Å². The second-order valence-corrected chi connectivity index (χ2v) is 8.76. The number of nitrogens with zero attached hydrogens (tertiary/aromatic N) is 5. The van der Waals surface area contributed by atoms with E-state index in [1.54, 1.807) is 6.07 Å². The lowest BCUT2D eigenvalue weighted by Gasteiger charge is -2.12. The van der Waals surface area contributed by atoms with E-state index >= 15 is 0 Å². The van der Waals surface area contributed by atoms with Crippen molar-refractivity contribution in [3.8, 4) is 22.9 Å². The molecule has 220 valence electrons.